The number of fused-ring (bicyclic) bond motifs is 2. The minimum atomic E-state index is -0.517. The van der Waals surface area contributed by atoms with E-state index in [2.05, 4.69) is 23.3 Å². The highest BCUT2D eigenvalue weighted by molar-refractivity contribution is 7.21. The van der Waals surface area contributed by atoms with E-state index in [0.29, 0.717) is 16.7 Å². The van der Waals surface area contributed by atoms with Gasteiger partial charge in [0.15, 0.2) is 0 Å². The zero-order valence-electron chi connectivity index (χ0n) is 20.3. The second kappa shape index (κ2) is 9.64. The van der Waals surface area contributed by atoms with Crippen LogP contribution in [0.25, 0.3) is 31.8 Å². The van der Waals surface area contributed by atoms with Gasteiger partial charge in [0.05, 0.1) is 16.8 Å². The van der Waals surface area contributed by atoms with E-state index < -0.39 is 11.5 Å². The van der Waals surface area contributed by atoms with Crippen molar-refractivity contribution in [2.45, 2.75) is 13.5 Å². The average Bonchev–Trinajstić information content (AvgIpc) is 3.35. The lowest BCUT2D eigenvalue weighted by atomic mass is 10.1. The molecule has 6 rings (SSSR count). The smallest absolute Gasteiger partial charge is 0.265 e. The highest BCUT2D eigenvalue weighted by Crippen LogP contribution is 2.31. The van der Waals surface area contributed by atoms with Gasteiger partial charge in [0.2, 0.25) is 0 Å². The van der Waals surface area contributed by atoms with Crippen LogP contribution in [0, 0.1) is 12.7 Å². The fourth-order valence-corrected chi connectivity index (χ4v) is 5.41. The molecule has 0 bridgehead atoms. The molecule has 0 spiro atoms. The Hall–Kier alpha value is -4.69. The fourth-order valence-electron chi connectivity index (χ4n) is 4.34. The van der Waals surface area contributed by atoms with Crippen LogP contribution in [0.15, 0.2) is 95.9 Å². The topological polar surface area (TPSA) is 76.9 Å². The zero-order valence-corrected chi connectivity index (χ0v) is 21.1. The van der Waals surface area contributed by atoms with Gasteiger partial charge in [-0.1, -0.05) is 18.2 Å². The maximum absolute atomic E-state index is 13.4. The molecule has 0 atom stereocenters. The van der Waals surface area contributed by atoms with Gasteiger partial charge in [-0.3, -0.25) is 14.2 Å². The number of amides is 1. The first kappa shape index (κ1) is 23.7. The summed E-state index contributed by atoms with van der Waals surface area (Å²) in [4.78, 5) is 35.7. The van der Waals surface area contributed by atoms with E-state index in [1.54, 1.807) is 60.0 Å². The van der Waals surface area contributed by atoms with Crippen molar-refractivity contribution < 1.29 is 9.18 Å². The monoisotopic (exact) mass is 520 g/mol. The van der Waals surface area contributed by atoms with Crippen LogP contribution >= 0.6 is 11.3 Å². The van der Waals surface area contributed by atoms with Gasteiger partial charge in [-0.15, -0.1) is 11.3 Å². The van der Waals surface area contributed by atoms with E-state index >= 15 is 0 Å². The lowest BCUT2D eigenvalue weighted by molar-refractivity contribution is 0.102. The van der Waals surface area contributed by atoms with Crippen LogP contribution in [0.3, 0.4) is 0 Å². The quantitative estimate of drug-likeness (QED) is 0.285. The molecule has 3 heterocycles. The van der Waals surface area contributed by atoms with Gasteiger partial charge in [-0.25, -0.2) is 14.4 Å². The normalized spacial score (nSPS) is 11.2. The van der Waals surface area contributed by atoms with Crippen LogP contribution < -0.4 is 10.9 Å². The van der Waals surface area contributed by atoms with Crippen molar-refractivity contribution in [2.24, 2.45) is 0 Å². The first-order valence-corrected chi connectivity index (χ1v) is 12.8. The summed E-state index contributed by atoms with van der Waals surface area (Å²) < 4.78 is 15.9. The minimum Gasteiger partial charge on any atom is -0.322 e. The van der Waals surface area contributed by atoms with Gasteiger partial charge in [0, 0.05) is 22.8 Å². The summed E-state index contributed by atoms with van der Waals surface area (Å²) in [5.41, 5.74) is 4.35. The van der Waals surface area contributed by atoms with E-state index in [9.17, 15) is 14.0 Å². The molecule has 0 radical (unpaired) electrons. The Balaban J connectivity index is 1.29. The van der Waals surface area contributed by atoms with Crippen LogP contribution in [0.2, 0.25) is 0 Å². The lowest BCUT2D eigenvalue weighted by Gasteiger charge is -2.13. The number of anilines is 1. The predicted octanol–water partition coefficient (Wildman–Crippen LogP) is 6.42. The first-order chi connectivity index (χ1) is 18.4. The Kier molecular flexibility index (Phi) is 6.01. The summed E-state index contributed by atoms with van der Waals surface area (Å²) >= 11 is 1.62. The Morgan fingerprint density at radius 3 is 2.58 bits per heavy atom. The third-order valence-corrected chi connectivity index (χ3v) is 7.35. The highest BCUT2D eigenvalue weighted by Gasteiger charge is 2.17. The average molecular weight is 521 g/mol. The first-order valence-electron chi connectivity index (χ1n) is 12.0. The Morgan fingerprint density at radius 1 is 1.00 bits per heavy atom. The van der Waals surface area contributed by atoms with Gasteiger partial charge in [-0.2, -0.15) is 0 Å². The molecule has 0 saturated carbocycles. The van der Waals surface area contributed by atoms with Crippen molar-refractivity contribution in [1.29, 1.82) is 0 Å². The summed E-state index contributed by atoms with van der Waals surface area (Å²) in [7, 11) is 0. The zero-order chi connectivity index (χ0) is 26.2. The lowest BCUT2D eigenvalue weighted by Crippen LogP contribution is -2.30. The van der Waals surface area contributed by atoms with Crippen molar-refractivity contribution in [2.75, 3.05) is 5.32 Å². The van der Waals surface area contributed by atoms with Crippen LogP contribution in [0.4, 0.5) is 10.1 Å². The molecule has 3 aromatic carbocycles. The van der Waals surface area contributed by atoms with E-state index in [-0.39, 0.29) is 17.9 Å². The van der Waals surface area contributed by atoms with Gasteiger partial charge >= 0.3 is 0 Å². The van der Waals surface area contributed by atoms with Gasteiger partial charge in [-0.05, 0) is 84.8 Å². The summed E-state index contributed by atoms with van der Waals surface area (Å²) in [6.45, 7) is 2.21. The Morgan fingerprint density at radius 2 is 1.79 bits per heavy atom. The number of pyridine rings is 2. The van der Waals surface area contributed by atoms with Crippen molar-refractivity contribution >= 4 is 44.2 Å². The second-order valence-corrected chi connectivity index (χ2v) is 10.0. The number of hydrogen-bond donors (Lipinski definition) is 1. The van der Waals surface area contributed by atoms with Gasteiger partial charge in [0.25, 0.3) is 11.5 Å². The van der Waals surface area contributed by atoms with Crippen molar-refractivity contribution in [1.82, 2.24) is 14.5 Å². The highest BCUT2D eigenvalue weighted by atomic mass is 32.1. The third kappa shape index (κ3) is 4.57. The molecular weight excluding hydrogens is 499 g/mol. The molecule has 38 heavy (non-hydrogen) atoms. The molecule has 0 aliphatic heterocycles. The molecule has 0 saturated heterocycles. The third-order valence-electron chi connectivity index (χ3n) is 6.28. The number of aromatic nitrogens is 3. The minimum absolute atomic E-state index is 0.00164. The summed E-state index contributed by atoms with van der Waals surface area (Å²) in [5, 5.41) is 4.39. The summed E-state index contributed by atoms with van der Waals surface area (Å²) in [6, 6.07) is 24.6. The van der Waals surface area contributed by atoms with Gasteiger partial charge in [0.1, 0.15) is 22.0 Å². The Bertz CT molecular complexity index is 1880. The number of carbonyl (C=O) groups excluding carboxylic acids is 1. The number of hydrogen-bond acceptors (Lipinski definition) is 5. The van der Waals surface area contributed by atoms with Crippen LogP contribution in [-0.4, -0.2) is 20.4 Å². The van der Waals surface area contributed by atoms with Crippen LogP contribution in [-0.2, 0) is 6.54 Å². The second-order valence-electron chi connectivity index (χ2n) is 9.01. The van der Waals surface area contributed by atoms with Crippen molar-refractivity contribution in [3.8, 4) is 10.6 Å². The molecular formula is C30H21FN4O2S. The van der Waals surface area contributed by atoms with Crippen LogP contribution in [0.1, 0.15) is 21.5 Å². The fraction of sp³-hybridized carbons (Fsp3) is 0.0667. The maximum atomic E-state index is 13.4. The number of halogens is 1. The number of nitrogens with zero attached hydrogens (tertiary/aromatic N) is 3. The van der Waals surface area contributed by atoms with E-state index in [4.69, 9.17) is 4.98 Å². The summed E-state index contributed by atoms with van der Waals surface area (Å²) in [5.74, 6) is -0.877. The molecule has 1 amide bonds. The molecule has 0 fully saturated rings. The van der Waals surface area contributed by atoms with E-state index in [0.717, 1.165) is 26.4 Å². The van der Waals surface area contributed by atoms with Crippen molar-refractivity contribution in [3.05, 3.63) is 124 Å². The number of carbonyl (C=O) groups is 1. The van der Waals surface area contributed by atoms with Crippen molar-refractivity contribution in [3.63, 3.8) is 0 Å². The maximum Gasteiger partial charge on any atom is 0.265 e. The summed E-state index contributed by atoms with van der Waals surface area (Å²) in [6.07, 6.45) is 1.59. The SMILES string of the molecule is Cc1ccc2nc(-c3ccc(NC(=O)c4cc5cccnc5n(Cc5ccc(F)cc5)c4=O)cc3)sc2c1. The molecule has 186 valence electrons. The van der Waals surface area contributed by atoms with Gasteiger partial charge < -0.3 is 5.32 Å². The molecule has 3 aromatic heterocycles. The predicted molar refractivity (Wildman–Crippen MR) is 149 cm³/mol. The molecule has 1 N–H and O–H groups in total. The van der Waals surface area contributed by atoms with E-state index in [1.807, 2.05) is 24.3 Å². The molecule has 8 heteroatoms. The largest absolute Gasteiger partial charge is 0.322 e. The van der Waals surface area contributed by atoms with Crippen LogP contribution in [0.5, 0.6) is 0 Å². The molecule has 0 unspecified atom stereocenters. The molecule has 0 aliphatic rings. The number of nitrogens with one attached hydrogen (secondary N) is 1. The molecule has 6 aromatic rings. The number of rotatable bonds is 5. The standard InChI is InChI=1S/C30H21FN4O2S/c1-18-4-13-25-26(15-18)38-29(34-25)20-7-11-23(12-8-20)33-28(36)24-16-21-3-2-14-32-27(21)35(30(24)37)17-19-5-9-22(31)10-6-19/h2-16H,17H2,1H3,(H,33,36). The molecule has 0 aliphatic carbocycles. The Labute approximate surface area is 221 Å². The molecule has 6 nitrogen and oxygen atoms in total. The number of aryl methyl sites for hydroxylation is 1. The number of benzene rings is 3. The van der Waals surface area contributed by atoms with E-state index in [1.165, 1.54) is 22.3 Å². The number of thiazole rings is 1.